The van der Waals surface area contributed by atoms with E-state index in [1.807, 2.05) is 35.2 Å². The van der Waals surface area contributed by atoms with Crippen LogP contribution in [-0.2, 0) is 30.3 Å². The zero-order valence-electron chi connectivity index (χ0n) is 24.5. The van der Waals surface area contributed by atoms with Crippen molar-refractivity contribution in [1.29, 1.82) is 0 Å². The van der Waals surface area contributed by atoms with Crippen LogP contribution in [0.4, 0.5) is 0 Å². The Morgan fingerprint density at radius 2 is 1.71 bits per heavy atom. The first kappa shape index (κ1) is 30.2. The van der Waals surface area contributed by atoms with E-state index in [4.69, 9.17) is 10.5 Å². The van der Waals surface area contributed by atoms with Crippen LogP contribution in [0.1, 0.15) is 50.5 Å². The Kier molecular flexibility index (Phi) is 9.95. The standard InChI is InChI=1S/C32H45N5O5/c33-29(39)24-9-16-37(17-10-24)28(38)22-36-15-11-26-25(21-36)8-4-5-12-32(13-18-42-19-14-32)31(41)35-27(30(40)34-26)20-23-6-2-1-3-7-23/h1-7,24-27H,8-22H2,(H2,33,39)(H,34,40)(H,35,41)/b5-4+/t25-,26+,27-/m1/s1. The second-order valence-corrected chi connectivity index (χ2v) is 12.5. The highest BCUT2D eigenvalue weighted by molar-refractivity contribution is 5.90. The van der Waals surface area contributed by atoms with Crippen molar-refractivity contribution in [3.63, 3.8) is 0 Å². The van der Waals surface area contributed by atoms with Crippen LogP contribution in [-0.4, -0.2) is 91.4 Å². The maximum atomic E-state index is 13.8. The Morgan fingerprint density at radius 1 is 0.976 bits per heavy atom. The van der Waals surface area contributed by atoms with Gasteiger partial charge < -0.3 is 26.0 Å². The topological polar surface area (TPSA) is 134 Å². The normalized spacial score (nSPS) is 28.5. The smallest absolute Gasteiger partial charge is 0.243 e. The van der Waals surface area contributed by atoms with Crippen LogP contribution in [0.25, 0.3) is 0 Å². The summed E-state index contributed by atoms with van der Waals surface area (Å²) in [6.07, 6.45) is 9.30. The number of nitrogens with one attached hydrogen (secondary N) is 2. The lowest BCUT2D eigenvalue weighted by Crippen LogP contribution is -2.58. The lowest BCUT2D eigenvalue weighted by molar-refractivity contribution is -0.140. The number of fused-ring (bicyclic) bond motifs is 1. The highest BCUT2D eigenvalue weighted by Crippen LogP contribution is 2.36. The Balaban J connectivity index is 1.29. The molecule has 42 heavy (non-hydrogen) atoms. The molecule has 10 nitrogen and oxygen atoms in total. The monoisotopic (exact) mass is 579 g/mol. The number of likely N-dealkylation sites (tertiary alicyclic amines) is 2. The summed E-state index contributed by atoms with van der Waals surface area (Å²) in [4.78, 5) is 56.2. The Morgan fingerprint density at radius 3 is 2.43 bits per heavy atom. The van der Waals surface area contributed by atoms with Crippen molar-refractivity contribution in [1.82, 2.24) is 20.4 Å². The van der Waals surface area contributed by atoms with Crippen LogP contribution in [0.2, 0.25) is 0 Å². The molecule has 0 unspecified atom stereocenters. The molecule has 4 heterocycles. The summed E-state index contributed by atoms with van der Waals surface area (Å²) in [6.45, 7) is 3.92. The minimum atomic E-state index is -0.674. The fraction of sp³-hybridized carbons (Fsp3) is 0.625. The highest BCUT2D eigenvalue weighted by atomic mass is 16.5. The minimum absolute atomic E-state index is 0.0496. The lowest BCUT2D eigenvalue weighted by Gasteiger charge is -2.41. The second-order valence-electron chi connectivity index (χ2n) is 12.5. The molecule has 3 fully saturated rings. The van der Waals surface area contributed by atoms with Crippen molar-refractivity contribution in [3.8, 4) is 0 Å². The molecule has 0 bridgehead atoms. The molecule has 3 saturated heterocycles. The minimum Gasteiger partial charge on any atom is -0.381 e. The average molecular weight is 580 g/mol. The summed E-state index contributed by atoms with van der Waals surface area (Å²) in [6, 6.07) is 9.08. The number of piperidine rings is 2. The van der Waals surface area contributed by atoms with E-state index in [0.29, 0.717) is 84.5 Å². The average Bonchev–Trinajstić information content (AvgIpc) is 3.00. The summed E-state index contributed by atoms with van der Waals surface area (Å²) >= 11 is 0. The van der Waals surface area contributed by atoms with Crippen molar-refractivity contribution < 1.29 is 23.9 Å². The zero-order chi connectivity index (χ0) is 29.5. The molecule has 10 heteroatoms. The number of nitrogens with two attached hydrogens (primary N) is 1. The number of allylic oxidation sites excluding steroid dienone is 2. The van der Waals surface area contributed by atoms with Gasteiger partial charge in [-0.25, -0.2) is 0 Å². The summed E-state index contributed by atoms with van der Waals surface area (Å²) in [5.74, 6) is -0.434. The fourth-order valence-corrected chi connectivity index (χ4v) is 6.90. The van der Waals surface area contributed by atoms with Gasteiger partial charge in [0.05, 0.1) is 12.0 Å². The molecule has 0 saturated carbocycles. The van der Waals surface area contributed by atoms with E-state index in [0.717, 1.165) is 18.4 Å². The molecule has 228 valence electrons. The van der Waals surface area contributed by atoms with E-state index in [-0.39, 0.29) is 41.5 Å². The first-order valence-corrected chi connectivity index (χ1v) is 15.5. The largest absolute Gasteiger partial charge is 0.381 e. The fourth-order valence-electron chi connectivity index (χ4n) is 6.90. The molecule has 1 aromatic rings. The summed E-state index contributed by atoms with van der Waals surface area (Å²) < 4.78 is 5.59. The predicted octanol–water partition coefficient (Wildman–Crippen LogP) is 1.39. The molecule has 0 aliphatic carbocycles. The third-order valence-corrected chi connectivity index (χ3v) is 9.70. The maximum absolute atomic E-state index is 13.8. The number of carbonyl (C=O) groups excluding carboxylic acids is 4. The number of rotatable bonds is 5. The Bertz CT molecular complexity index is 1140. The van der Waals surface area contributed by atoms with Crippen molar-refractivity contribution in [2.75, 3.05) is 45.9 Å². The van der Waals surface area contributed by atoms with Crippen molar-refractivity contribution in [2.24, 2.45) is 23.0 Å². The van der Waals surface area contributed by atoms with Gasteiger partial charge in [0.1, 0.15) is 6.04 Å². The van der Waals surface area contributed by atoms with E-state index in [9.17, 15) is 19.2 Å². The molecule has 3 atom stereocenters. The molecule has 4 amide bonds. The van der Waals surface area contributed by atoms with Gasteiger partial charge in [-0.05, 0) is 56.4 Å². The molecule has 5 rings (SSSR count). The van der Waals surface area contributed by atoms with Crippen LogP contribution in [0.15, 0.2) is 42.5 Å². The van der Waals surface area contributed by atoms with E-state index in [1.54, 1.807) is 0 Å². The number of hydrogen-bond acceptors (Lipinski definition) is 6. The van der Waals surface area contributed by atoms with Crippen LogP contribution in [0, 0.1) is 17.3 Å². The van der Waals surface area contributed by atoms with E-state index >= 15 is 0 Å². The summed E-state index contributed by atoms with van der Waals surface area (Å²) in [5, 5.41) is 6.43. The van der Waals surface area contributed by atoms with Crippen LogP contribution in [0.3, 0.4) is 0 Å². The molecule has 1 aromatic carbocycles. The zero-order valence-corrected chi connectivity index (χ0v) is 24.5. The van der Waals surface area contributed by atoms with Gasteiger partial charge in [0, 0.05) is 57.8 Å². The third kappa shape index (κ3) is 7.39. The molecular weight excluding hydrogens is 534 g/mol. The molecule has 0 radical (unpaired) electrons. The number of primary amides is 1. The van der Waals surface area contributed by atoms with Gasteiger partial charge >= 0.3 is 0 Å². The first-order chi connectivity index (χ1) is 20.3. The van der Waals surface area contributed by atoms with Crippen LogP contribution >= 0.6 is 0 Å². The maximum Gasteiger partial charge on any atom is 0.243 e. The molecule has 4 N–H and O–H groups in total. The van der Waals surface area contributed by atoms with Crippen molar-refractivity contribution >= 4 is 23.6 Å². The van der Waals surface area contributed by atoms with Gasteiger partial charge in [-0.2, -0.15) is 0 Å². The van der Waals surface area contributed by atoms with Gasteiger partial charge in [0.15, 0.2) is 0 Å². The third-order valence-electron chi connectivity index (χ3n) is 9.70. The highest BCUT2D eigenvalue weighted by Gasteiger charge is 2.41. The SMILES string of the molecule is NC(=O)C1CCN(C(=O)CN2CC[C@@H]3NC(=O)[C@@H](Cc4ccccc4)NC(=O)C4(C/C=C/C[C@@H]3C2)CCOCC4)CC1. The number of hydrogen-bond donors (Lipinski definition) is 3. The lowest BCUT2D eigenvalue weighted by atomic mass is 9.75. The molecular formula is C32H45N5O5. The van der Waals surface area contributed by atoms with Gasteiger partial charge in [-0.3, -0.25) is 24.1 Å². The molecule has 4 aliphatic heterocycles. The van der Waals surface area contributed by atoms with Crippen molar-refractivity contribution in [2.45, 2.75) is 63.5 Å². The Labute approximate surface area is 248 Å². The summed E-state index contributed by atoms with van der Waals surface area (Å²) in [7, 11) is 0. The summed E-state index contributed by atoms with van der Waals surface area (Å²) in [5.41, 5.74) is 5.86. The quantitative estimate of drug-likeness (QED) is 0.452. The van der Waals surface area contributed by atoms with E-state index < -0.39 is 11.5 Å². The molecule has 0 aromatic heterocycles. The number of ether oxygens (including phenoxy) is 1. The van der Waals surface area contributed by atoms with Crippen molar-refractivity contribution in [3.05, 3.63) is 48.0 Å². The van der Waals surface area contributed by atoms with Gasteiger partial charge in [-0.1, -0.05) is 42.5 Å². The predicted molar refractivity (Wildman–Crippen MR) is 158 cm³/mol. The second kappa shape index (κ2) is 13.8. The number of carbonyl (C=O) groups is 4. The number of amides is 4. The first-order valence-electron chi connectivity index (χ1n) is 15.5. The molecule has 1 spiro atoms. The molecule has 4 aliphatic rings. The van der Waals surface area contributed by atoms with E-state index in [1.165, 1.54) is 0 Å². The van der Waals surface area contributed by atoms with Gasteiger partial charge in [0.25, 0.3) is 0 Å². The van der Waals surface area contributed by atoms with E-state index in [2.05, 4.69) is 27.7 Å². The van der Waals surface area contributed by atoms with Crippen LogP contribution in [0.5, 0.6) is 0 Å². The van der Waals surface area contributed by atoms with Crippen LogP contribution < -0.4 is 16.4 Å². The van der Waals surface area contributed by atoms with Gasteiger partial charge in [-0.15, -0.1) is 0 Å². The Hall–Kier alpha value is -3.24. The van der Waals surface area contributed by atoms with Gasteiger partial charge in [0.2, 0.25) is 23.6 Å². The number of benzene rings is 1. The number of nitrogens with zero attached hydrogens (tertiary/aromatic N) is 2.